The van der Waals surface area contributed by atoms with Crippen LogP contribution in [0.25, 0.3) is 10.2 Å². The van der Waals surface area contributed by atoms with Gasteiger partial charge in [0.25, 0.3) is 0 Å². The van der Waals surface area contributed by atoms with Crippen molar-refractivity contribution in [2.75, 3.05) is 13.1 Å². The van der Waals surface area contributed by atoms with Crippen molar-refractivity contribution >= 4 is 49.5 Å². The number of aliphatic hydroxyl groups excluding tert-OH is 1. The zero-order valence-electron chi connectivity index (χ0n) is 16.1. The van der Waals surface area contributed by atoms with E-state index in [9.17, 15) is 14.7 Å². The summed E-state index contributed by atoms with van der Waals surface area (Å²) in [6.07, 6.45) is 0.391. The quantitative estimate of drug-likeness (QED) is 0.507. The summed E-state index contributed by atoms with van der Waals surface area (Å²) in [6.45, 7) is 0.952. The third-order valence-electron chi connectivity index (χ3n) is 5.10. The Morgan fingerprint density at radius 2 is 2.00 bits per heavy atom. The molecule has 158 valence electrons. The molecule has 1 saturated heterocycles. The van der Waals surface area contributed by atoms with Crippen molar-refractivity contribution in [3.05, 3.63) is 51.8 Å². The summed E-state index contributed by atoms with van der Waals surface area (Å²) in [5, 5.41) is 12.4. The molecule has 3 N–H and O–H groups in total. The number of thiophene rings is 1. The molecule has 0 bridgehead atoms. The monoisotopic (exact) mass is 491 g/mol. The molecular weight excluding hydrogens is 470 g/mol. The molecule has 0 unspecified atom stereocenters. The SMILES string of the molecule is O=C(N[C@@H](Cc1ccccc1)C(=O)N1CCC(O)CC1)Oc1cc2sc(Br)cc2[nH]1. The largest absolute Gasteiger partial charge is 0.414 e. The second kappa shape index (κ2) is 9.20. The average molecular weight is 492 g/mol. The number of H-pyrrole nitrogens is 1. The number of aromatic amines is 1. The molecule has 3 heterocycles. The molecule has 3 aromatic rings. The third kappa shape index (κ3) is 5.03. The van der Waals surface area contributed by atoms with Crippen molar-refractivity contribution in [1.82, 2.24) is 15.2 Å². The number of hydrogen-bond acceptors (Lipinski definition) is 5. The van der Waals surface area contributed by atoms with Gasteiger partial charge in [-0.2, -0.15) is 0 Å². The van der Waals surface area contributed by atoms with Gasteiger partial charge >= 0.3 is 6.09 Å². The number of likely N-dealkylation sites (tertiary alicyclic amines) is 1. The first-order valence-electron chi connectivity index (χ1n) is 9.75. The predicted molar refractivity (Wildman–Crippen MR) is 119 cm³/mol. The van der Waals surface area contributed by atoms with Crippen LogP contribution in [-0.2, 0) is 11.2 Å². The van der Waals surface area contributed by atoms with Gasteiger partial charge in [0, 0.05) is 25.6 Å². The van der Waals surface area contributed by atoms with Gasteiger partial charge in [0.2, 0.25) is 11.8 Å². The molecule has 30 heavy (non-hydrogen) atoms. The van der Waals surface area contributed by atoms with E-state index in [1.54, 1.807) is 11.0 Å². The standard InChI is InChI=1S/C21H22BrN3O4S/c22-18-11-15-17(30-18)12-19(23-15)29-21(28)24-16(10-13-4-2-1-3-5-13)20(27)25-8-6-14(26)7-9-25/h1-5,11-12,14,16,23,26H,6-10H2,(H,24,28)/t16-/m0/s1. The predicted octanol–water partition coefficient (Wildman–Crippen LogP) is 3.67. The van der Waals surface area contributed by atoms with Crippen molar-refractivity contribution in [2.24, 2.45) is 0 Å². The summed E-state index contributed by atoms with van der Waals surface area (Å²) in [5.74, 6) is 0.160. The van der Waals surface area contributed by atoms with E-state index in [0.717, 1.165) is 19.6 Å². The molecule has 9 heteroatoms. The maximum absolute atomic E-state index is 13.1. The Balaban J connectivity index is 1.45. The molecule has 1 aliphatic rings. The Bertz CT molecular complexity index is 996. The summed E-state index contributed by atoms with van der Waals surface area (Å²) in [7, 11) is 0. The highest BCUT2D eigenvalue weighted by molar-refractivity contribution is 9.11. The van der Waals surface area contributed by atoms with Crippen molar-refractivity contribution < 1.29 is 19.4 Å². The van der Waals surface area contributed by atoms with Crippen molar-refractivity contribution in [2.45, 2.75) is 31.4 Å². The zero-order valence-corrected chi connectivity index (χ0v) is 18.5. The van der Waals surface area contributed by atoms with Crippen LogP contribution in [-0.4, -0.2) is 52.2 Å². The number of aromatic nitrogens is 1. The fourth-order valence-corrected chi connectivity index (χ4v) is 5.07. The summed E-state index contributed by atoms with van der Waals surface area (Å²) >= 11 is 4.95. The van der Waals surface area contributed by atoms with Gasteiger partial charge < -0.3 is 25.0 Å². The molecule has 2 aromatic heterocycles. The highest BCUT2D eigenvalue weighted by atomic mass is 79.9. The number of benzene rings is 1. The second-order valence-electron chi connectivity index (χ2n) is 7.29. The van der Waals surface area contributed by atoms with Gasteiger partial charge in [-0.05, 0) is 40.4 Å². The van der Waals surface area contributed by atoms with Gasteiger partial charge in [-0.3, -0.25) is 4.79 Å². The van der Waals surface area contributed by atoms with Gasteiger partial charge in [0.05, 0.1) is 20.1 Å². The molecule has 4 rings (SSSR count). The van der Waals surface area contributed by atoms with Gasteiger partial charge in [-0.1, -0.05) is 30.3 Å². The van der Waals surface area contributed by atoms with Crippen LogP contribution >= 0.6 is 27.3 Å². The maximum Gasteiger partial charge on any atom is 0.414 e. The summed E-state index contributed by atoms with van der Waals surface area (Å²) < 4.78 is 7.35. The topological polar surface area (TPSA) is 94.7 Å². The van der Waals surface area contributed by atoms with Crippen LogP contribution in [0.4, 0.5) is 4.79 Å². The number of rotatable bonds is 5. The molecule has 2 amide bonds. The summed E-state index contributed by atoms with van der Waals surface area (Å²) in [5.41, 5.74) is 1.82. The van der Waals surface area contributed by atoms with Crippen LogP contribution in [0.3, 0.4) is 0 Å². The number of nitrogens with one attached hydrogen (secondary N) is 2. The number of hydrogen-bond donors (Lipinski definition) is 3. The van der Waals surface area contributed by atoms with Crippen LogP contribution in [0.2, 0.25) is 0 Å². The number of halogens is 1. The number of carbonyl (C=O) groups excluding carboxylic acids is 2. The molecule has 0 saturated carbocycles. The lowest BCUT2D eigenvalue weighted by molar-refractivity contribution is -0.135. The van der Waals surface area contributed by atoms with Gasteiger partial charge in [0.1, 0.15) is 6.04 Å². The number of carbonyl (C=O) groups is 2. The molecule has 1 aromatic carbocycles. The lowest BCUT2D eigenvalue weighted by atomic mass is 10.0. The minimum absolute atomic E-state index is 0.167. The number of piperidine rings is 1. The number of amides is 2. The smallest absolute Gasteiger partial charge is 0.393 e. The van der Waals surface area contributed by atoms with Crippen LogP contribution in [0.5, 0.6) is 5.88 Å². The second-order valence-corrected chi connectivity index (χ2v) is 9.76. The Morgan fingerprint density at radius 1 is 1.27 bits per heavy atom. The Labute approximate surface area is 186 Å². The van der Waals surface area contributed by atoms with Crippen LogP contribution in [0.1, 0.15) is 18.4 Å². The molecule has 0 aliphatic carbocycles. The van der Waals surface area contributed by atoms with E-state index in [-0.39, 0.29) is 12.0 Å². The summed E-state index contributed by atoms with van der Waals surface area (Å²) in [6, 6.07) is 12.5. The van der Waals surface area contributed by atoms with Crippen molar-refractivity contribution in [1.29, 1.82) is 0 Å². The van der Waals surface area contributed by atoms with E-state index in [1.807, 2.05) is 36.4 Å². The lowest BCUT2D eigenvalue weighted by Gasteiger charge is -2.32. The number of fused-ring (bicyclic) bond motifs is 1. The Hall–Kier alpha value is -2.36. The molecule has 1 atom stereocenters. The van der Waals surface area contributed by atoms with E-state index < -0.39 is 12.1 Å². The minimum atomic E-state index is -0.750. The average Bonchev–Trinajstić information content (AvgIpc) is 3.24. The van der Waals surface area contributed by atoms with E-state index in [4.69, 9.17) is 4.74 Å². The molecule has 1 aliphatic heterocycles. The number of aliphatic hydroxyl groups is 1. The van der Waals surface area contributed by atoms with E-state index >= 15 is 0 Å². The van der Waals surface area contributed by atoms with Gasteiger partial charge in [0.15, 0.2) is 0 Å². The van der Waals surface area contributed by atoms with Gasteiger partial charge in [-0.15, -0.1) is 11.3 Å². The van der Waals surface area contributed by atoms with E-state index in [1.165, 1.54) is 11.3 Å². The highest BCUT2D eigenvalue weighted by Crippen LogP contribution is 2.32. The minimum Gasteiger partial charge on any atom is -0.393 e. The molecule has 0 spiro atoms. The normalized spacial score (nSPS) is 15.9. The third-order valence-corrected chi connectivity index (χ3v) is 6.69. The Morgan fingerprint density at radius 3 is 2.70 bits per heavy atom. The fraction of sp³-hybridized carbons (Fsp3) is 0.333. The van der Waals surface area contributed by atoms with E-state index in [0.29, 0.717) is 38.2 Å². The van der Waals surface area contributed by atoms with Crippen LogP contribution in [0, 0.1) is 0 Å². The Kier molecular flexibility index (Phi) is 6.40. The van der Waals surface area contributed by atoms with E-state index in [2.05, 4.69) is 26.2 Å². The zero-order chi connectivity index (χ0) is 21.1. The first-order valence-corrected chi connectivity index (χ1v) is 11.4. The molecule has 1 fully saturated rings. The fourth-order valence-electron chi connectivity index (χ4n) is 3.55. The number of nitrogens with zero attached hydrogens (tertiary/aromatic N) is 1. The molecule has 7 nitrogen and oxygen atoms in total. The number of ether oxygens (including phenoxy) is 1. The first-order chi connectivity index (χ1) is 14.5. The van der Waals surface area contributed by atoms with Crippen molar-refractivity contribution in [3.8, 4) is 5.88 Å². The first kappa shape index (κ1) is 20.9. The summed E-state index contributed by atoms with van der Waals surface area (Å²) in [4.78, 5) is 30.4. The van der Waals surface area contributed by atoms with Gasteiger partial charge in [-0.25, -0.2) is 4.79 Å². The van der Waals surface area contributed by atoms with Crippen LogP contribution < -0.4 is 10.1 Å². The van der Waals surface area contributed by atoms with Crippen LogP contribution in [0.15, 0.2) is 46.3 Å². The highest BCUT2D eigenvalue weighted by Gasteiger charge is 2.29. The maximum atomic E-state index is 13.1. The lowest BCUT2D eigenvalue weighted by Crippen LogP contribution is -2.52. The van der Waals surface area contributed by atoms with Crippen molar-refractivity contribution in [3.63, 3.8) is 0 Å². The molecule has 0 radical (unpaired) electrons. The molecular formula is C21H22BrN3O4S.